The van der Waals surface area contributed by atoms with Gasteiger partial charge in [0, 0.05) is 43.4 Å². The van der Waals surface area contributed by atoms with Gasteiger partial charge in [-0.15, -0.1) is 0 Å². The molecule has 0 spiro atoms. The predicted molar refractivity (Wildman–Crippen MR) is 132 cm³/mol. The van der Waals surface area contributed by atoms with Crippen LogP contribution in [0.3, 0.4) is 0 Å². The van der Waals surface area contributed by atoms with Crippen molar-refractivity contribution in [1.82, 2.24) is 4.98 Å². The minimum atomic E-state index is -0.825. The largest absolute Gasteiger partial charge is 0.507 e. The molecule has 1 aromatic heterocycles. The average Bonchev–Trinajstić information content (AvgIpc) is 3.09. The first-order valence-corrected chi connectivity index (χ1v) is 11.0. The van der Waals surface area contributed by atoms with E-state index in [2.05, 4.69) is 4.98 Å². The number of ketones is 1. The number of aromatic nitrogens is 1. The molecule has 1 saturated heterocycles. The number of aliphatic hydroxyl groups is 1. The zero-order valence-corrected chi connectivity index (χ0v) is 19.6. The van der Waals surface area contributed by atoms with Gasteiger partial charge in [0.05, 0.1) is 17.7 Å². The predicted octanol–water partition coefficient (Wildman–Crippen LogP) is 4.56. The first-order valence-electron chi connectivity index (χ1n) is 11.0. The summed E-state index contributed by atoms with van der Waals surface area (Å²) in [5.41, 5.74) is 2.54. The number of amides is 1. The lowest BCUT2D eigenvalue weighted by Gasteiger charge is -2.25. The SMILES string of the molecule is CC(C)Oc1cccc(/C(O)=C2/C(=O)C(=O)N(c3ccc(N(C)C)cc3)C2c2cccnc2)c1. The Kier molecular flexibility index (Phi) is 6.36. The van der Waals surface area contributed by atoms with Crippen molar-refractivity contribution >= 4 is 28.8 Å². The molecule has 2 aromatic carbocycles. The zero-order chi connectivity index (χ0) is 24.4. The Labute approximate surface area is 198 Å². The molecule has 1 aliphatic rings. The summed E-state index contributed by atoms with van der Waals surface area (Å²) < 4.78 is 5.74. The molecule has 1 N–H and O–H groups in total. The molecular weight excluding hydrogens is 430 g/mol. The highest BCUT2D eigenvalue weighted by atomic mass is 16.5. The highest BCUT2D eigenvalue weighted by molar-refractivity contribution is 6.51. The lowest BCUT2D eigenvalue weighted by Crippen LogP contribution is -2.29. The fourth-order valence-corrected chi connectivity index (χ4v) is 4.01. The van der Waals surface area contributed by atoms with Crippen LogP contribution in [-0.4, -0.2) is 42.0 Å². The number of nitrogens with zero attached hydrogens (tertiary/aromatic N) is 3. The Bertz CT molecular complexity index is 1230. The second-order valence-corrected chi connectivity index (χ2v) is 8.56. The number of pyridine rings is 1. The minimum absolute atomic E-state index is 0.0105. The van der Waals surface area contributed by atoms with Crippen LogP contribution < -0.4 is 14.5 Å². The maximum Gasteiger partial charge on any atom is 0.300 e. The minimum Gasteiger partial charge on any atom is -0.507 e. The van der Waals surface area contributed by atoms with E-state index in [4.69, 9.17) is 4.74 Å². The molecule has 7 heteroatoms. The monoisotopic (exact) mass is 457 g/mol. The number of Topliss-reactive ketones (excluding diaryl/α,β-unsaturated/α-hetero) is 1. The van der Waals surface area contributed by atoms with Gasteiger partial charge in [-0.3, -0.25) is 19.5 Å². The van der Waals surface area contributed by atoms with Crippen molar-refractivity contribution in [2.45, 2.75) is 26.0 Å². The number of anilines is 2. The van der Waals surface area contributed by atoms with Crippen LogP contribution in [0.15, 0.2) is 78.6 Å². The molecule has 4 rings (SSSR count). The van der Waals surface area contributed by atoms with Gasteiger partial charge in [0.15, 0.2) is 0 Å². The first-order chi connectivity index (χ1) is 16.3. The van der Waals surface area contributed by atoms with Gasteiger partial charge in [-0.2, -0.15) is 0 Å². The van der Waals surface area contributed by atoms with Crippen LogP contribution in [-0.2, 0) is 9.59 Å². The Morgan fingerprint density at radius 2 is 1.79 bits per heavy atom. The Balaban J connectivity index is 1.86. The standard InChI is InChI=1S/C27H27N3O4/c1-17(2)34-22-9-5-7-18(15-22)25(31)23-24(19-8-6-14-28-16-19)30(27(33)26(23)32)21-12-10-20(11-13-21)29(3)4/h5-17,24,31H,1-4H3/b25-23-. The van der Waals surface area contributed by atoms with Gasteiger partial charge < -0.3 is 14.7 Å². The van der Waals surface area contributed by atoms with E-state index < -0.39 is 17.7 Å². The molecule has 7 nitrogen and oxygen atoms in total. The lowest BCUT2D eigenvalue weighted by molar-refractivity contribution is -0.132. The van der Waals surface area contributed by atoms with E-state index in [1.54, 1.807) is 60.9 Å². The Morgan fingerprint density at radius 1 is 1.06 bits per heavy atom. The Hall–Kier alpha value is -4.13. The summed E-state index contributed by atoms with van der Waals surface area (Å²) in [5, 5.41) is 11.3. The van der Waals surface area contributed by atoms with E-state index in [1.165, 1.54) is 4.90 Å². The number of carbonyl (C=O) groups excluding carboxylic acids is 2. The molecule has 1 amide bonds. The lowest BCUT2D eigenvalue weighted by atomic mass is 9.96. The van der Waals surface area contributed by atoms with Crippen molar-refractivity contribution in [3.05, 3.63) is 89.8 Å². The molecule has 174 valence electrons. The van der Waals surface area contributed by atoms with Crippen LogP contribution in [0.1, 0.15) is 31.0 Å². The third-order valence-corrected chi connectivity index (χ3v) is 5.57. The molecule has 34 heavy (non-hydrogen) atoms. The maximum absolute atomic E-state index is 13.3. The van der Waals surface area contributed by atoms with Gasteiger partial charge in [0.25, 0.3) is 11.7 Å². The summed E-state index contributed by atoms with van der Waals surface area (Å²) in [6.07, 6.45) is 3.17. The molecular formula is C27H27N3O4. The number of carbonyl (C=O) groups is 2. The van der Waals surface area contributed by atoms with Crippen molar-refractivity contribution in [2.75, 3.05) is 23.9 Å². The van der Waals surface area contributed by atoms with Gasteiger partial charge in [-0.05, 0) is 61.9 Å². The summed E-state index contributed by atoms with van der Waals surface area (Å²) in [4.78, 5) is 34.0. The second-order valence-electron chi connectivity index (χ2n) is 8.56. The topological polar surface area (TPSA) is 83.0 Å². The van der Waals surface area contributed by atoms with Crippen molar-refractivity contribution in [2.24, 2.45) is 0 Å². The normalized spacial score (nSPS) is 17.3. The van der Waals surface area contributed by atoms with Gasteiger partial charge in [0.2, 0.25) is 0 Å². The van der Waals surface area contributed by atoms with Gasteiger partial charge in [0.1, 0.15) is 11.5 Å². The number of aliphatic hydroxyl groups excluding tert-OH is 1. The van der Waals surface area contributed by atoms with E-state index in [-0.39, 0.29) is 17.4 Å². The molecule has 2 heterocycles. The molecule has 0 radical (unpaired) electrons. The second kappa shape index (κ2) is 9.39. The molecule has 3 aromatic rings. The maximum atomic E-state index is 13.3. The van der Waals surface area contributed by atoms with E-state index in [0.29, 0.717) is 22.6 Å². The van der Waals surface area contributed by atoms with Crippen LogP contribution in [0, 0.1) is 0 Å². The van der Waals surface area contributed by atoms with Crippen LogP contribution in [0.5, 0.6) is 5.75 Å². The van der Waals surface area contributed by atoms with Gasteiger partial charge >= 0.3 is 0 Å². The van der Waals surface area contributed by atoms with Gasteiger partial charge in [-0.25, -0.2) is 0 Å². The van der Waals surface area contributed by atoms with Crippen LogP contribution in [0.25, 0.3) is 5.76 Å². The molecule has 1 unspecified atom stereocenters. The quantitative estimate of drug-likeness (QED) is 0.332. The molecule has 1 aliphatic heterocycles. The summed E-state index contributed by atoms with van der Waals surface area (Å²) in [6, 6.07) is 16.9. The van der Waals surface area contributed by atoms with Crippen LogP contribution >= 0.6 is 0 Å². The highest BCUT2D eigenvalue weighted by Crippen LogP contribution is 2.42. The Morgan fingerprint density at radius 3 is 2.41 bits per heavy atom. The smallest absolute Gasteiger partial charge is 0.300 e. The summed E-state index contributed by atoms with van der Waals surface area (Å²) in [7, 11) is 3.85. The number of ether oxygens (including phenoxy) is 1. The van der Waals surface area contributed by atoms with Crippen molar-refractivity contribution < 1.29 is 19.4 Å². The number of hydrogen-bond acceptors (Lipinski definition) is 6. The molecule has 0 aliphatic carbocycles. The van der Waals surface area contributed by atoms with Crippen molar-refractivity contribution in [3.63, 3.8) is 0 Å². The zero-order valence-electron chi connectivity index (χ0n) is 19.6. The third-order valence-electron chi connectivity index (χ3n) is 5.57. The van der Waals surface area contributed by atoms with Crippen molar-refractivity contribution in [3.8, 4) is 5.75 Å². The number of rotatable bonds is 6. The highest BCUT2D eigenvalue weighted by Gasteiger charge is 2.47. The van der Waals surface area contributed by atoms with Gasteiger partial charge in [-0.1, -0.05) is 18.2 Å². The average molecular weight is 458 g/mol. The molecule has 0 saturated carbocycles. The van der Waals surface area contributed by atoms with E-state index >= 15 is 0 Å². The summed E-state index contributed by atoms with van der Waals surface area (Å²) in [5.74, 6) is -1.15. The number of benzene rings is 2. The van der Waals surface area contributed by atoms with Crippen LogP contribution in [0.2, 0.25) is 0 Å². The first kappa shape index (κ1) is 23.0. The summed E-state index contributed by atoms with van der Waals surface area (Å²) in [6.45, 7) is 3.81. The summed E-state index contributed by atoms with van der Waals surface area (Å²) >= 11 is 0. The third kappa shape index (κ3) is 4.37. The fourth-order valence-electron chi connectivity index (χ4n) is 4.01. The van der Waals surface area contributed by atoms with E-state index in [1.807, 2.05) is 45.0 Å². The fraction of sp³-hybridized carbons (Fsp3) is 0.222. The molecule has 1 atom stereocenters. The van der Waals surface area contributed by atoms with E-state index in [9.17, 15) is 14.7 Å². The number of hydrogen-bond donors (Lipinski definition) is 1. The van der Waals surface area contributed by atoms with Crippen LogP contribution in [0.4, 0.5) is 11.4 Å². The van der Waals surface area contributed by atoms with E-state index in [0.717, 1.165) is 5.69 Å². The van der Waals surface area contributed by atoms with Crippen molar-refractivity contribution in [1.29, 1.82) is 0 Å². The molecule has 0 bridgehead atoms. The molecule has 1 fully saturated rings.